The van der Waals surface area contributed by atoms with Gasteiger partial charge in [0.15, 0.2) is 0 Å². The predicted molar refractivity (Wildman–Crippen MR) is 65.8 cm³/mol. The van der Waals surface area contributed by atoms with E-state index < -0.39 is 0 Å². The lowest BCUT2D eigenvalue weighted by Gasteiger charge is -2.00. The van der Waals surface area contributed by atoms with E-state index in [0.29, 0.717) is 0 Å². The van der Waals surface area contributed by atoms with Crippen LogP contribution >= 0.6 is 22.6 Å². The molecule has 0 N–H and O–H groups in total. The van der Waals surface area contributed by atoms with Gasteiger partial charge in [-0.15, -0.1) is 0 Å². The van der Waals surface area contributed by atoms with Crippen LogP contribution in [0.15, 0.2) is 9.66 Å². The summed E-state index contributed by atoms with van der Waals surface area (Å²) in [6.45, 7) is 4.49. The number of rotatable bonds is 7. The minimum absolute atomic E-state index is 1.30. The zero-order chi connectivity index (χ0) is 9.23. The normalized spacial score (nSPS) is 12.1. The van der Waals surface area contributed by atoms with Gasteiger partial charge in [-0.2, -0.15) is 0 Å². The molecule has 0 fully saturated rings. The van der Waals surface area contributed by atoms with Crippen molar-refractivity contribution in [3.63, 3.8) is 0 Å². The molecule has 0 rings (SSSR count). The van der Waals surface area contributed by atoms with Gasteiger partial charge in [-0.05, 0) is 23.8 Å². The van der Waals surface area contributed by atoms with Crippen molar-refractivity contribution in [2.24, 2.45) is 0 Å². The standard InChI is InChI=1S/C11H21I/c1-3-4-5-6-7-8-9-11(2)10-12/h10H,3-9H2,1-2H3/b11-10-. The molecule has 0 heterocycles. The summed E-state index contributed by atoms with van der Waals surface area (Å²) in [4.78, 5) is 0. The Bertz CT molecular complexity index is 116. The van der Waals surface area contributed by atoms with Gasteiger partial charge in [-0.1, -0.05) is 67.2 Å². The molecule has 12 heavy (non-hydrogen) atoms. The van der Waals surface area contributed by atoms with E-state index in [1.807, 2.05) is 0 Å². The molecule has 0 atom stereocenters. The minimum atomic E-state index is 1.30. The summed E-state index contributed by atoms with van der Waals surface area (Å²) in [6, 6.07) is 0. The molecule has 0 amide bonds. The van der Waals surface area contributed by atoms with Crippen molar-refractivity contribution in [2.75, 3.05) is 0 Å². The first kappa shape index (κ1) is 12.5. The van der Waals surface area contributed by atoms with E-state index in [9.17, 15) is 0 Å². The monoisotopic (exact) mass is 280 g/mol. The van der Waals surface area contributed by atoms with Crippen LogP contribution < -0.4 is 0 Å². The molecule has 0 aromatic rings. The largest absolute Gasteiger partial charge is 0.0673 e. The summed E-state index contributed by atoms with van der Waals surface area (Å²) >= 11 is 2.33. The summed E-state index contributed by atoms with van der Waals surface area (Å²) in [5, 5.41) is 0. The first-order valence-electron chi connectivity index (χ1n) is 5.07. The summed E-state index contributed by atoms with van der Waals surface area (Å²) in [5.74, 6) is 0. The molecular formula is C11H21I. The SMILES string of the molecule is CCCCCCCC/C(C)=C\I. The first-order valence-corrected chi connectivity index (χ1v) is 6.31. The van der Waals surface area contributed by atoms with Gasteiger partial charge < -0.3 is 0 Å². The van der Waals surface area contributed by atoms with Gasteiger partial charge in [0.05, 0.1) is 0 Å². The molecule has 0 radical (unpaired) electrons. The second-order valence-electron chi connectivity index (χ2n) is 3.47. The van der Waals surface area contributed by atoms with Gasteiger partial charge in [-0.3, -0.25) is 0 Å². The number of hydrogen-bond acceptors (Lipinski definition) is 0. The Morgan fingerprint density at radius 1 is 1.08 bits per heavy atom. The second kappa shape index (κ2) is 9.56. The molecule has 0 aliphatic rings. The number of unbranched alkanes of at least 4 members (excludes halogenated alkanes) is 5. The van der Waals surface area contributed by atoms with Crippen molar-refractivity contribution < 1.29 is 0 Å². The fourth-order valence-corrected chi connectivity index (χ4v) is 1.55. The Balaban J connectivity index is 3.00. The Morgan fingerprint density at radius 3 is 2.25 bits per heavy atom. The van der Waals surface area contributed by atoms with E-state index >= 15 is 0 Å². The van der Waals surface area contributed by atoms with Crippen LogP contribution in [0.2, 0.25) is 0 Å². The molecule has 0 saturated carbocycles. The number of hydrogen-bond donors (Lipinski definition) is 0. The van der Waals surface area contributed by atoms with Crippen molar-refractivity contribution in [3.05, 3.63) is 9.66 Å². The van der Waals surface area contributed by atoms with Gasteiger partial charge in [0, 0.05) is 0 Å². The Kier molecular flexibility index (Phi) is 9.93. The van der Waals surface area contributed by atoms with E-state index in [4.69, 9.17) is 0 Å². The molecule has 0 bridgehead atoms. The molecule has 0 aromatic heterocycles. The molecule has 0 aliphatic carbocycles. The molecule has 0 nitrogen and oxygen atoms in total. The second-order valence-corrected chi connectivity index (χ2v) is 4.10. The minimum Gasteiger partial charge on any atom is -0.0673 e. The summed E-state index contributed by atoms with van der Waals surface area (Å²) in [5.41, 5.74) is 1.53. The van der Waals surface area contributed by atoms with Gasteiger partial charge in [0.1, 0.15) is 0 Å². The maximum atomic E-state index is 2.33. The molecular weight excluding hydrogens is 259 g/mol. The third-order valence-corrected chi connectivity index (χ3v) is 3.17. The van der Waals surface area contributed by atoms with Crippen LogP contribution in [0.4, 0.5) is 0 Å². The van der Waals surface area contributed by atoms with Gasteiger partial charge >= 0.3 is 0 Å². The van der Waals surface area contributed by atoms with E-state index in [2.05, 4.69) is 40.5 Å². The van der Waals surface area contributed by atoms with Crippen LogP contribution in [0, 0.1) is 0 Å². The highest BCUT2D eigenvalue weighted by molar-refractivity contribution is 14.1. The fraction of sp³-hybridized carbons (Fsp3) is 0.818. The topological polar surface area (TPSA) is 0 Å². The lowest BCUT2D eigenvalue weighted by atomic mass is 10.1. The smallest absolute Gasteiger partial charge is 0.0245 e. The molecule has 0 saturated heterocycles. The molecule has 0 spiro atoms. The van der Waals surface area contributed by atoms with Crippen molar-refractivity contribution in [3.8, 4) is 0 Å². The number of halogens is 1. The molecule has 0 unspecified atom stereocenters. The maximum Gasteiger partial charge on any atom is -0.0245 e. The number of allylic oxidation sites excluding steroid dienone is 1. The zero-order valence-electron chi connectivity index (χ0n) is 8.41. The van der Waals surface area contributed by atoms with Crippen LogP contribution in [-0.4, -0.2) is 0 Å². The summed E-state index contributed by atoms with van der Waals surface area (Å²) < 4.78 is 2.20. The van der Waals surface area contributed by atoms with Crippen molar-refractivity contribution >= 4 is 22.6 Å². The third kappa shape index (κ3) is 8.57. The Hall–Kier alpha value is 0.470. The lowest BCUT2D eigenvalue weighted by molar-refractivity contribution is 0.606. The van der Waals surface area contributed by atoms with E-state index in [1.54, 1.807) is 0 Å². The molecule has 0 aliphatic heterocycles. The van der Waals surface area contributed by atoms with Crippen LogP contribution in [0.1, 0.15) is 58.8 Å². The highest BCUT2D eigenvalue weighted by Gasteiger charge is 1.91. The molecule has 1 heteroatoms. The Morgan fingerprint density at radius 2 is 1.67 bits per heavy atom. The predicted octanol–water partition coefficient (Wildman–Crippen LogP) is 5.08. The third-order valence-electron chi connectivity index (χ3n) is 2.11. The molecule has 72 valence electrons. The van der Waals surface area contributed by atoms with Gasteiger partial charge in [-0.25, -0.2) is 0 Å². The van der Waals surface area contributed by atoms with Crippen LogP contribution in [-0.2, 0) is 0 Å². The average molecular weight is 280 g/mol. The van der Waals surface area contributed by atoms with Gasteiger partial charge in [0.25, 0.3) is 0 Å². The highest BCUT2D eigenvalue weighted by Crippen LogP contribution is 2.12. The summed E-state index contributed by atoms with van der Waals surface area (Å²) in [7, 11) is 0. The van der Waals surface area contributed by atoms with Crippen LogP contribution in [0.3, 0.4) is 0 Å². The first-order chi connectivity index (χ1) is 5.81. The Labute approximate surface area is 91.0 Å². The van der Waals surface area contributed by atoms with E-state index in [1.165, 1.54) is 50.5 Å². The van der Waals surface area contributed by atoms with E-state index in [0.717, 1.165) is 0 Å². The maximum absolute atomic E-state index is 2.33. The van der Waals surface area contributed by atoms with Crippen LogP contribution in [0.5, 0.6) is 0 Å². The fourth-order valence-electron chi connectivity index (χ4n) is 1.24. The van der Waals surface area contributed by atoms with Crippen molar-refractivity contribution in [1.82, 2.24) is 0 Å². The average Bonchev–Trinajstić information content (AvgIpc) is 2.10. The van der Waals surface area contributed by atoms with Crippen LogP contribution in [0.25, 0.3) is 0 Å². The zero-order valence-corrected chi connectivity index (χ0v) is 10.6. The quantitative estimate of drug-likeness (QED) is 0.451. The van der Waals surface area contributed by atoms with E-state index in [-0.39, 0.29) is 0 Å². The van der Waals surface area contributed by atoms with Crippen molar-refractivity contribution in [1.29, 1.82) is 0 Å². The summed E-state index contributed by atoms with van der Waals surface area (Å²) in [6.07, 6.45) is 9.74. The lowest BCUT2D eigenvalue weighted by Crippen LogP contribution is -1.80. The molecule has 0 aromatic carbocycles. The van der Waals surface area contributed by atoms with Crippen molar-refractivity contribution in [2.45, 2.75) is 58.8 Å². The van der Waals surface area contributed by atoms with Gasteiger partial charge in [0.2, 0.25) is 0 Å². The highest BCUT2D eigenvalue weighted by atomic mass is 127.